The first kappa shape index (κ1) is 14.6. The van der Waals surface area contributed by atoms with Crippen LogP contribution in [0.4, 0.5) is 0 Å². The molecule has 1 aliphatic heterocycles. The van der Waals surface area contributed by atoms with Gasteiger partial charge in [0.15, 0.2) is 0 Å². The van der Waals surface area contributed by atoms with Gasteiger partial charge in [0.1, 0.15) is 0 Å². The van der Waals surface area contributed by atoms with Crippen LogP contribution < -0.4 is 0 Å². The summed E-state index contributed by atoms with van der Waals surface area (Å²) >= 11 is 0. The first-order valence-corrected chi connectivity index (χ1v) is 8.23. The van der Waals surface area contributed by atoms with Crippen molar-refractivity contribution in [3.8, 4) is 0 Å². The highest BCUT2D eigenvalue weighted by atomic mass is 16.5. The quantitative estimate of drug-likeness (QED) is 0.832. The van der Waals surface area contributed by atoms with Crippen LogP contribution in [0.3, 0.4) is 0 Å². The minimum Gasteiger partial charge on any atom is -0.376 e. The molecule has 2 fully saturated rings. The zero-order valence-corrected chi connectivity index (χ0v) is 12.7. The zero-order valence-electron chi connectivity index (χ0n) is 12.7. The molecule has 114 valence electrons. The molecule has 0 atom stereocenters. The summed E-state index contributed by atoms with van der Waals surface area (Å²) in [6.07, 6.45) is 5.64. The molecular formula is C18H25NO2. The lowest BCUT2D eigenvalue weighted by Crippen LogP contribution is -2.44. The van der Waals surface area contributed by atoms with Gasteiger partial charge >= 0.3 is 0 Å². The minimum absolute atomic E-state index is 0.343. The number of amides is 1. The van der Waals surface area contributed by atoms with E-state index in [1.54, 1.807) is 0 Å². The highest BCUT2D eigenvalue weighted by Crippen LogP contribution is 2.30. The van der Waals surface area contributed by atoms with E-state index in [-0.39, 0.29) is 0 Å². The number of nitrogens with zero attached hydrogens (tertiary/aromatic N) is 1. The number of benzene rings is 1. The largest absolute Gasteiger partial charge is 0.376 e. The molecule has 0 unspecified atom stereocenters. The number of likely N-dealkylation sites (tertiary alicyclic amines) is 1. The van der Waals surface area contributed by atoms with Gasteiger partial charge in [-0.1, -0.05) is 36.8 Å². The average molecular weight is 287 g/mol. The molecule has 0 aromatic heterocycles. The molecular weight excluding hydrogens is 262 g/mol. The van der Waals surface area contributed by atoms with E-state index >= 15 is 0 Å². The summed E-state index contributed by atoms with van der Waals surface area (Å²) in [6.45, 7) is 3.37. The van der Waals surface area contributed by atoms with Crippen molar-refractivity contribution in [3.63, 3.8) is 0 Å². The second kappa shape index (κ2) is 7.08. The molecule has 1 amide bonds. The van der Waals surface area contributed by atoms with Crippen molar-refractivity contribution in [1.29, 1.82) is 0 Å². The zero-order chi connectivity index (χ0) is 14.5. The molecule has 3 nitrogen and oxygen atoms in total. The molecule has 1 saturated carbocycles. The van der Waals surface area contributed by atoms with Crippen LogP contribution in [0.15, 0.2) is 30.3 Å². The van der Waals surface area contributed by atoms with E-state index in [4.69, 9.17) is 4.74 Å². The molecule has 2 aliphatic rings. The predicted octanol–water partition coefficient (Wildman–Crippen LogP) is 3.24. The number of hydrogen-bond acceptors (Lipinski definition) is 2. The minimum atomic E-state index is 0.343. The van der Waals surface area contributed by atoms with Gasteiger partial charge in [-0.3, -0.25) is 4.79 Å². The molecule has 21 heavy (non-hydrogen) atoms. The van der Waals surface area contributed by atoms with Crippen LogP contribution in [-0.2, 0) is 16.1 Å². The van der Waals surface area contributed by atoms with Gasteiger partial charge in [-0.25, -0.2) is 0 Å². The van der Waals surface area contributed by atoms with Crippen molar-refractivity contribution in [2.45, 2.75) is 38.7 Å². The lowest BCUT2D eigenvalue weighted by molar-refractivity contribution is -0.139. The molecule has 1 aromatic carbocycles. The molecule has 1 saturated heterocycles. The van der Waals surface area contributed by atoms with Crippen molar-refractivity contribution in [2.75, 3.05) is 19.7 Å². The Balaban J connectivity index is 1.35. The van der Waals surface area contributed by atoms with E-state index in [0.717, 1.165) is 45.4 Å². The van der Waals surface area contributed by atoms with Crippen LogP contribution in [-0.4, -0.2) is 30.5 Å². The van der Waals surface area contributed by atoms with Crippen molar-refractivity contribution < 1.29 is 9.53 Å². The number of ether oxygens (including phenoxy) is 1. The fourth-order valence-corrected chi connectivity index (χ4v) is 3.15. The van der Waals surface area contributed by atoms with Crippen molar-refractivity contribution in [3.05, 3.63) is 35.9 Å². The summed E-state index contributed by atoms with van der Waals surface area (Å²) in [5.74, 6) is 1.36. The highest BCUT2D eigenvalue weighted by molar-refractivity contribution is 5.79. The fraction of sp³-hybridized carbons (Fsp3) is 0.611. The molecule has 0 N–H and O–H groups in total. The molecule has 0 bridgehead atoms. The molecule has 1 aliphatic carbocycles. The number of hydrogen-bond donors (Lipinski definition) is 0. The third kappa shape index (κ3) is 3.85. The third-order valence-electron chi connectivity index (χ3n) is 4.85. The van der Waals surface area contributed by atoms with Gasteiger partial charge in [0.25, 0.3) is 0 Å². The van der Waals surface area contributed by atoms with Crippen molar-refractivity contribution in [2.24, 2.45) is 11.8 Å². The smallest absolute Gasteiger partial charge is 0.225 e. The Morgan fingerprint density at radius 1 is 1.10 bits per heavy atom. The highest BCUT2D eigenvalue weighted by Gasteiger charge is 2.31. The average Bonchev–Trinajstić information content (AvgIpc) is 2.47. The third-order valence-corrected chi connectivity index (χ3v) is 4.85. The maximum atomic E-state index is 12.2. The summed E-state index contributed by atoms with van der Waals surface area (Å²) in [4.78, 5) is 14.3. The standard InChI is InChI=1S/C18H25NO2/c20-18(17-7-4-8-17)19-11-9-16(10-12-19)14-21-13-15-5-2-1-3-6-15/h1-3,5-6,16-17H,4,7-14H2. The summed E-state index contributed by atoms with van der Waals surface area (Å²) < 4.78 is 5.83. The number of rotatable bonds is 5. The van der Waals surface area contributed by atoms with E-state index in [0.29, 0.717) is 24.3 Å². The molecule has 3 rings (SSSR count). The summed E-state index contributed by atoms with van der Waals surface area (Å²) in [6, 6.07) is 10.3. The number of carbonyl (C=O) groups is 1. The van der Waals surface area contributed by atoms with Crippen LogP contribution in [0, 0.1) is 11.8 Å². The topological polar surface area (TPSA) is 29.5 Å². The lowest BCUT2D eigenvalue weighted by Gasteiger charge is -2.36. The first-order valence-electron chi connectivity index (χ1n) is 8.23. The van der Waals surface area contributed by atoms with Crippen LogP contribution in [0.5, 0.6) is 0 Å². The summed E-state index contributed by atoms with van der Waals surface area (Å²) in [5, 5.41) is 0. The second-order valence-corrected chi connectivity index (χ2v) is 6.40. The molecule has 0 spiro atoms. The van der Waals surface area contributed by atoms with Gasteiger partial charge in [-0.15, -0.1) is 0 Å². The Morgan fingerprint density at radius 3 is 2.43 bits per heavy atom. The van der Waals surface area contributed by atoms with Crippen molar-refractivity contribution >= 4 is 5.91 Å². The Kier molecular flexibility index (Phi) is 4.91. The van der Waals surface area contributed by atoms with Crippen LogP contribution in [0.1, 0.15) is 37.7 Å². The van der Waals surface area contributed by atoms with E-state index in [9.17, 15) is 4.79 Å². The predicted molar refractivity (Wildman–Crippen MR) is 82.7 cm³/mol. The van der Waals surface area contributed by atoms with Crippen LogP contribution >= 0.6 is 0 Å². The van der Waals surface area contributed by atoms with Crippen LogP contribution in [0.2, 0.25) is 0 Å². The first-order chi connectivity index (χ1) is 10.3. The SMILES string of the molecule is O=C(C1CCC1)N1CCC(COCc2ccccc2)CC1. The normalized spacial score (nSPS) is 20.3. The van der Waals surface area contributed by atoms with Gasteiger partial charge in [-0.05, 0) is 37.2 Å². The van der Waals surface area contributed by atoms with Gasteiger partial charge in [-0.2, -0.15) is 0 Å². The Labute approximate surface area is 127 Å². The maximum absolute atomic E-state index is 12.2. The molecule has 1 aromatic rings. The Bertz CT molecular complexity index is 448. The van der Waals surface area contributed by atoms with E-state index in [1.165, 1.54) is 12.0 Å². The van der Waals surface area contributed by atoms with E-state index in [2.05, 4.69) is 17.0 Å². The Hall–Kier alpha value is -1.35. The molecule has 3 heteroatoms. The van der Waals surface area contributed by atoms with Gasteiger partial charge in [0, 0.05) is 25.6 Å². The lowest BCUT2D eigenvalue weighted by atomic mass is 9.83. The Morgan fingerprint density at radius 2 is 1.81 bits per heavy atom. The van der Waals surface area contributed by atoms with E-state index < -0.39 is 0 Å². The molecule has 0 radical (unpaired) electrons. The molecule has 1 heterocycles. The van der Waals surface area contributed by atoms with Crippen molar-refractivity contribution in [1.82, 2.24) is 4.90 Å². The fourth-order valence-electron chi connectivity index (χ4n) is 3.15. The van der Waals surface area contributed by atoms with Crippen LogP contribution in [0.25, 0.3) is 0 Å². The number of piperidine rings is 1. The summed E-state index contributed by atoms with van der Waals surface area (Å²) in [7, 11) is 0. The van der Waals surface area contributed by atoms with Gasteiger partial charge in [0.05, 0.1) is 6.61 Å². The number of carbonyl (C=O) groups excluding carboxylic acids is 1. The second-order valence-electron chi connectivity index (χ2n) is 6.40. The maximum Gasteiger partial charge on any atom is 0.225 e. The van der Waals surface area contributed by atoms with E-state index in [1.807, 2.05) is 18.2 Å². The van der Waals surface area contributed by atoms with Gasteiger partial charge in [0.2, 0.25) is 5.91 Å². The summed E-state index contributed by atoms with van der Waals surface area (Å²) in [5.41, 5.74) is 1.23. The van der Waals surface area contributed by atoms with Gasteiger partial charge < -0.3 is 9.64 Å². The monoisotopic (exact) mass is 287 g/mol.